The van der Waals surface area contributed by atoms with E-state index in [0.29, 0.717) is 29.0 Å². The van der Waals surface area contributed by atoms with Crippen LogP contribution >= 0.6 is 11.8 Å². The van der Waals surface area contributed by atoms with E-state index in [4.69, 9.17) is 14.5 Å². The van der Waals surface area contributed by atoms with Crippen LogP contribution in [0.5, 0.6) is 17.2 Å². The Balaban J connectivity index is 1.01. The van der Waals surface area contributed by atoms with Crippen molar-refractivity contribution in [3.63, 3.8) is 0 Å². The van der Waals surface area contributed by atoms with Gasteiger partial charge in [0.1, 0.15) is 17.2 Å². The van der Waals surface area contributed by atoms with Crippen LogP contribution in [0.1, 0.15) is 24.2 Å². The van der Waals surface area contributed by atoms with Crippen LogP contribution in [0, 0.1) is 5.92 Å². The highest BCUT2D eigenvalue weighted by atomic mass is 32.2. The molecule has 0 radical (unpaired) electrons. The first-order valence-electron chi connectivity index (χ1n) is 14.4. The zero-order chi connectivity index (χ0) is 30.3. The lowest BCUT2D eigenvalue weighted by Gasteiger charge is -2.32. The normalized spacial score (nSPS) is 16.3. The van der Waals surface area contributed by atoms with Gasteiger partial charge in [0.25, 0.3) is 11.1 Å². The summed E-state index contributed by atoms with van der Waals surface area (Å²) in [5, 5.41) is 5.48. The van der Waals surface area contributed by atoms with Gasteiger partial charge in [-0.25, -0.2) is 15.0 Å². The maximum Gasteiger partial charge on any atom is 0.290 e. The zero-order valence-corrected chi connectivity index (χ0v) is 25.0. The fourth-order valence-corrected chi connectivity index (χ4v) is 5.83. The van der Waals surface area contributed by atoms with Crippen molar-refractivity contribution in [2.45, 2.75) is 19.4 Å². The average molecular weight is 609 g/mol. The summed E-state index contributed by atoms with van der Waals surface area (Å²) in [5.41, 5.74) is 3.34. The molecule has 2 saturated heterocycles. The molecule has 2 N–H and O–H groups in total. The highest BCUT2D eigenvalue weighted by molar-refractivity contribution is 8.18. The summed E-state index contributed by atoms with van der Waals surface area (Å²) in [6, 6.07) is 23.3. The number of carbonyl (C=O) groups excluding carboxylic acids is 2. The summed E-state index contributed by atoms with van der Waals surface area (Å²) >= 11 is 0.882. The molecule has 4 aromatic rings. The minimum Gasteiger partial charge on any atom is -0.495 e. The molecule has 2 fully saturated rings. The molecule has 0 spiro atoms. The third-order valence-corrected chi connectivity index (χ3v) is 8.30. The molecule has 0 atom stereocenters. The van der Waals surface area contributed by atoms with Gasteiger partial charge < -0.3 is 19.7 Å². The minimum atomic E-state index is -0.392. The Morgan fingerprint density at radius 2 is 1.75 bits per heavy atom. The molecule has 2 aromatic carbocycles. The molecule has 11 heteroatoms. The largest absolute Gasteiger partial charge is 0.495 e. The van der Waals surface area contributed by atoms with Crippen LogP contribution in [-0.4, -0.2) is 52.8 Å². The lowest BCUT2D eigenvalue weighted by Crippen LogP contribution is -2.38. The van der Waals surface area contributed by atoms with Crippen LogP contribution in [0.15, 0.2) is 83.9 Å². The van der Waals surface area contributed by atoms with Crippen molar-refractivity contribution >= 4 is 34.9 Å². The first-order valence-corrected chi connectivity index (χ1v) is 15.3. The SMILES string of the molecule is COc1ccc(-c2ccc(Oc3ccccc3)cc2)nc1CNCC1CCN(c2nccc(/C=C3\SC(=O)NC3=O)n2)CC1. The Kier molecular flexibility index (Phi) is 9.14. The van der Waals surface area contributed by atoms with Gasteiger partial charge in [-0.3, -0.25) is 14.9 Å². The minimum absolute atomic E-state index is 0.340. The van der Waals surface area contributed by atoms with Crippen molar-refractivity contribution in [3.8, 4) is 28.5 Å². The number of ether oxygens (including phenoxy) is 2. The second-order valence-corrected chi connectivity index (χ2v) is 11.5. The Hall–Kier alpha value is -4.74. The topological polar surface area (TPSA) is 119 Å². The van der Waals surface area contributed by atoms with Crippen molar-refractivity contribution in [1.29, 1.82) is 0 Å². The second-order valence-electron chi connectivity index (χ2n) is 10.5. The molecule has 44 heavy (non-hydrogen) atoms. The van der Waals surface area contributed by atoms with E-state index in [2.05, 4.69) is 25.5 Å². The van der Waals surface area contributed by atoms with Crippen molar-refractivity contribution < 1.29 is 19.1 Å². The highest BCUT2D eigenvalue weighted by Gasteiger charge is 2.26. The van der Waals surface area contributed by atoms with Gasteiger partial charge in [0.15, 0.2) is 0 Å². The third-order valence-electron chi connectivity index (χ3n) is 7.49. The van der Waals surface area contributed by atoms with Crippen LogP contribution in [-0.2, 0) is 11.3 Å². The maximum absolute atomic E-state index is 11.9. The lowest BCUT2D eigenvalue weighted by atomic mass is 9.97. The number of imide groups is 1. The Morgan fingerprint density at radius 3 is 2.48 bits per heavy atom. The predicted molar refractivity (Wildman–Crippen MR) is 171 cm³/mol. The number of nitrogens with one attached hydrogen (secondary N) is 2. The molecule has 6 rings (SSSR count). The molecule has 0 bridgehead atoms. The van der Waals surface area contributed by atoms with Crippen molar-refractivity contribution in [2.24, 2.45) is 5.92 Å². The number of methoxy groups -OCH3 is 1. The molecular formula is C33H32N6O4S. The zero-order valence-electron chi connectivity index (χ0n) is 24.2. The Morgan fingerprint density at radius 1 is 0.977 bits per heavy atom. The first kappa shape index (κ1) is 29.3. The number of hydrogen-bond donors (Lipinski definition) is 2. The van der Waals surface area contributed by atoms with E-state index in [9.17, 15) is 9.59 Å². The van der Waals surface area contributed by atoms with Gasteiger partial charge in [-0.2, -0.15) is 0 Å². The number of nitrogens with zero attached hydrogens (tertiary/aromatic N) is 4. The van der Waals surface area contributed by atoms with Crippen LogP contribution in [0.25, 0.3) is 17.3 Å². The quantitative estimate of drug-likeness (QED) is 0.218. The summed E-state index contributed by atoms with van der Waals surface area (Å²) < 4.78 is 11.5. The second kappa shape index (κ2) is 13.7. The van der Waals surface area contributed by atoms with E-state index in [1.807, 2.05) is 66.7 Å². The lowest BCUT2D eigenvalue weighted by molar-refractivity contribution is -0.115. The molecular weight excluding hydrogens is 576 g/mol. The average Bonchev–Trinajstić information content (AvgIpc) is 3.38. The number of piperidine rings is 1. The van der Waals surface area contributed by atoms with Crippen LogP contribution in [0.4, 0.5) is 10.7 Å². The number of aromatic nitrogens is 3. The predicted octanol–water partition coefficient (Wildman–Crippen LogP) is 5.67. The van der Waals surface area contributed by atoms with Gasteiger partial charge in [-0.05, 0) is 97.7 Å². The highest BCUT2D eigenvalue weighted by Crippen LogP contribution is 2.28. The van der Waals surface area contributed by atoms with E-state index in [-0.39, 0.29) is 5.24 Å². The van der Waals surface area contributed by atoms with Crippen LogP contribution < -0.4 is 25.0 Å². The maximum atomic E-state index is 11.9. The van der Waals surface area contributed by atoms with Crippen molar-refractivity contribution in [1.82, 2.24) is 25.6 Å². The van der Waals surface area contributed by atoms with Gasteiger partial charge in [0.05, 0.1) is 29.1 Å². The van der Waals surface area contributed by atoms with E-state index >= 15 is 0 Å². The molecule has 2 aliphatic rings. The number of anilines is 1. The van der Waals surface area contributed by atoms with E-state index < -0.39 is 5.91 Å². The third kappa shape index (κ3) is 7.24. The Bertz CT molecular complexity index is 1660. The number of rotatable bonds is 10. The Labute approximate surface area is 259 Å². The molecule has 2 aromatic heterocycles. The summed E-state index contributed by atoms with van der Waals surface area (Å²) in [7, 11) is 1.67. The molecule has 2 aliphatic heterocycles. The van der Waals surface area contributed by atoms with Gasteiger partial charge in [-0.15, -0.1) is 0 Å². The summed E-state index contributed by atoms with van der Waals surface area (Å²) in [6.07, 6.45) is 5.30. The fourth-order valence-electron chi connectivity index (χ4n) is 5.16. The molecule has 224 valence electrons. The number of pyridine rings is 1. The molecule has 10 nitrogen and oxygen atoms in total. The number of benzene rings is 2. The van der Waals surface area contributed by atoms with Crippen molar-refractivity contribution in [2.75, 3.05) is 31.6 Å². The molecule has 2 amide bonds. The smallest absolute Gasteiger partial charge is 0.290 e. The fraction of sp³-hybridized carbons (Fsp3) is 0.242. The standard InChI is InChI=1S/C33H32N6O4S/c1-42-29-12-11-27(23-7-9-26(10-8-23)43-25-5-3-2-4-6-25)37-28(29)21-34-20-22-14-17-39(18-15-22)32-35-16-13-24(36-32)19-30-31(40)38-33(41)44-30/h2-13,16,19,22,34H,14-15,17-18,20-21H2,1H3,(H,38,40,41)/b30-19-. The number of thioether (sulfide) groups is 1. The number of carbonyl (C=O) groups is 2. The van der Waals surface area contributed by atoms with Gasteiger partial charge in [0, 0.05) is 31.4 Å². The molecule has 0 aliphatic carbocycles. The van der Waals surface area contributed by atoms with Crippen LogP contribution in [0.2, 0.25) is 0 Å². The molecule has 4 heterocycles. The summed E-state index contributed by atoms with van der Waals surface area (Å²) in [4.78, 5) is 39.8. The van der Waals surface area contributed by atoms with Gasteiger partial charge in [0.2, 0.25) is 5.95 Å². The molecule has 0 saturated carbocycles. The van der Waals surface area contributed by atoms with Gasteiger partial charge >= 0.3 is 0 Å². The van der Waals surface area contributed by atoms with E-state index in [0.717, 1.165) is 78.4 Å². The number of amides is 2. The molecule has 0 unspecified atom stereocenters. The summed E-state index contributed by atoms with van der Waals surface area (Å²) in [6.45, 7) is 3.13. The van der Waals surface area contributed by atoms with Crippen molar-refractivity contribution in [3.05, 3.63) is 95.3 Å². The van der Waals surface area contributed by atoms with E-state index in [1.165, 1.54) is 0 Å². The monoisotopic (exact) mass is 608 g/mol. The number of hydrogen-bond acceptors (Lipinski definition) is 10. The first-order chi connectivity index (χ1) is 21.5. The summed E-state index contributed by atoms with van der Waals surface area (Å²) in [5.74, 6) is 3.07. The number of para-hydroxylation sites is 1. The van der Waals surface area contributed by atoms with Gasteiger partial charge in [-0.1, -0.05) is 18.2 Å². The van der Waals surface area contributed by atoms with Crippen LogP contribution in [0.3, 0.4) is 0 Å². The van der Waals surface area contributed by atoms with E-state index in [1.54, 1.807) is 25.4 Å².